The van der Waals surface area contributed by atoms with Crippen molar-refractivity contribution in [2.75, 3.05) is 20.1 Å². The number of nitrogens with zero attached hydrogens (tertiary/aromatic N) is 1. The number of hydrogen-bond acceptors (Lipinski definition) is 2. The number of carbonyl (C=O) groups excluding carboxylic acids is 1. The number of ketones is 1. The topological polar surface area (TPSA) is 20.3 Å². The lowest BCUT2D eigenvalue weighted by molar-refractivity contribution is -0.119. The highest BCUT2D eigenvalue weighted by Crippen LogP contribution is 2.23. The molecule has 0 aromatic heterocycles. The summed E-state index contributed by atoms with van der Waals surface area (Å²) in [4.78, 5) is 14.2. The maximum atomic E-state index is 12.0. The molecule has 19 heavy (non-hydrogen) atoms. The van der Waals surface area contributed by atoms with Crippen LogP contribution in [0.4, 0.5) is 0 Å². The van der Waals surface area contributed by atoms with Gasteiger partial charge in [-0.3, -0.25) is 9.69 Å². The fourth-order valence-corrected chi connectivity index (χ4v) is 3.06. The van der Waals surface area contributed by atoms with E-state index in [1.807, 2.05) is 30.3 Å². The molecule has 2 nitrogen and oxygen atoms in total. The Labute approximate surface area is 116 Å². The van der Waals surface area contributed by atoms with Crippen LogP contribution in [0.1, 0.15) is 37.7 Å². The van der Waals surface area contributed by atoms with Crippen LogP contribution in [-0.2, 0) is 11.2 Å². The largest absolute Gasteiger partial charge is 0.299 e. The van der Waals surface area contributed by atoms with Crippen LogP contribution >= 0.6 is 0 Å². The zero-order chi connectivity index (χ0) is 13.5. The van der Waals surface area contributed by atoms with Crippen LogP contribution in [0.5, 0.6) is 0 Å². The van der Waals surface area contributed by atoms with E-state index in [1.54, 1.807) is 0 Å². The zero-order valence-corrected chi connectivity index (χ0v) is 12.0. The van der Waals surface area contributed by atoms with Gasteiger partial charge in [-0.2, -0.15) is 0 Å². The molecule has 1 aromatic carbocycles. The van der Waals surface area contributed by atoms with E-state index in [-0.39, 0.29) is 0 Å². The summed E-state index contributed by atoms with van der Waals surface area (Å²) in [5.74, 6) is 1.13. The average molecular weight is 259 g/mol. The van der Waals surface area contributed by atoms with Gasteiger partial charge in [-0.15, -0.1) is 0 Å². The minimum Gasteiger partial charge on any atom is -0.299 e. The highest BCUT2D eigenvalue weighted by molar-refractivity contribution is 5.82. The molecule has 0 bridgehead atoms. The molecule has 1 aliphatic carbocycles. The molecule has 0 N–H and O–H groups in total. The second kappa shape index (κ2) is 7.44. The molecule has 1 saturated carbocycles. The monoisotopic (exact) mass is 259 g/mol. The van der Waals surface area contributed by atoms with Crippen LogP contribution < -0.4 is 0 Å². The molecule has 0 radical (unpaired) electrons. The molecule has 104 valence electrons. The van der Waals surface area contributed by atoms with Gasteiger partial charge in [0.1, 0.15) is 0 Å². The highest BCUT2D eigenvalue weighted by Gasteiger charge is 2.16. The van der Waals surface area contributed by atoms with Gasteiger partial charge in [0.15, 0.2) is 5.78 Å². The molecule has 0 saturated heterocycles. The van der Waals surface area contributed by atoms with Crippen molar-refractivity contribution in [3.8, 4) is 0 Å². The molecule has 1 fully saturated rings. The molecule has 0 heterocycles. The first-order valence-corrected chi connectivity index (χ1v) is 7.48. The maximum absolute atomic E-state index is 12.0. The normalized spacial score (nSPS) is 16.7. The maximum Gasteiger partial charge on any atom is 0.151 e. The molecule has 1 aliphatic rings. The van der Waals surface area contributed by atoms with E-state index in [4.69, 9.17) is 0 Å². The Bertz CT molecular complexity index is 382. The van der Waals surface area contributed by atoms with Crippen LogP contribution in [0.3, 0.4) is 0 Å². The predicted octanol–water partition coefficient (Wildman–Crippen LogP) is 3.31. The van der Waals surface area contributed by atoms with Crippen molar-refractivity contribution in [1.82, 2.24) is 4.90 Å². The Morgan fingerprint density at radius 3 is 2.53 bits per heavy atom. The highest BCUT2D eigenvalue weighted by atomic mass is 16.1. The van der Waals surface area contributed by atoms with Crippen molar-refractivity contribution in [3.05, 3.63) is 35.9 Å². The van der Waals surface area contributed by atoms with Crippen LogP contribution in [0, 0.1) is 5.92 Å². The minimum atomic E-state index is 0.324. The number of hydrogen-bond donors (Lipinski definition) is 0. The molecule has 2 rings (SSSR count). The van der Waals surface area contributed by atoms with Gasteiger partial charge in [0, 0.05) is 13.0 Å². The summed E-state index contributed by atoms with van der Waals surface area (Å²) in [5, 5.41) is 0. The lowest BCUT2D eigenvalue weighted by atomic mass is 9.89. The van der Waals surface area contributed by atoms with E-state index in [9.17, 15) is 4.79 Å². The van der Waals surface area contributed by atoms with E-state index >= 15 is 0 Å². The summed E-state index contributed by atoms with van der Waals surface area (Å²) in [5.41, 5.74) is 1.12. The van der Waals surface area contributed by atoms with Crippen LogP contribution in [-0.4, -0.2) is 30.8 Å². The van der Waals surface area contributed by atoms with E-state index < -0.39 is 0 Å². The average Bonchev–Trinajstić information content (AvgIpc) is 2.40. The van der Waals surface area contributed by atoms with Crippen molar-refractivity contribution in [2.45, 2.75) is 38.5 Å². The van der Waals surface area contributed by atoms with Gasteiger partial charge in [-0.05, 0) is 31.4 Å². The fraction of sp³-hybridized carbons (Fsp3) is 0.588. The summed E-state index contributed by atoms with van der Waals surface area (Å²) in [6, 6.07) is 10.0. The number of rotatable bonds is 6. The first-order valence-electron chi connectivity index (χ1n) is 7.48. The summed E-state index contributed by atoms with van der Waals surface area (Å²) < 4.78 is 0. The molecule has 0 spiro atoms. The molecule has 1 aromatic rings. The number of likely N-dealkylation sites (N-methyl/N-ethyl adjacent to an activating group) is 1. The molecule has 0 amide bonds. The smallest absolute Gasteiger partial charge is 0.151 e. The van der Waals surface area contributed by atoms with Crippen LogP contribution in [0.2, 0.25) is 0 Å². The van der Waals surface area contributed by atoms with E-state index in [2.05, 4.69) is 11.9 Å². The molecular formula is C17H25NO. The summed E-state index contributed by atoms with van der Waals surface area (Å²) in [6.45, 7) is 1.67. The van der Waals surface area contributed by atoms with E-state index in [0.717, 1.165) is 18.0 Å². The molecular weight excluding hydrogens is 234 g/mol. The van der Waals surface area contributed by atoms with Gasteiger partial charge in [-0.25, -0.2) is 0 Å². The second-order valence-corrected chi connectivity index (χ2v) is 5.90. The molecule has 0 atom stereocenters. The molecule has 2 heteroatoms. The van der Waals surface area contributed by atoms with Crippen molar-refractivity contribution in [1.29, 1.82) is 0 Å². The Morgan fingerprint density at radius 1 is 1.16 bits per heavy atom. The van der Waals surface area contributed by atoms with Gasteiger partial charge in [0.05, 0.1) is 6.54 Å². The standard InChI is InChI=1S/C17H25NO/c1-18(13-16-10-6-3-7-11-16)14-17(19)12-15-8-4-2-5-9-15/h2,4-5,8-9,16H,3,6-7,10-14H2,1H3. The van der Waals surface area contributed by atoms with Gasteiger partial charge >= 0.3 is 0 Å². The van der Waals surface area contributed by atoms with Crippen molar-refractivity contribution in [3.63, 3.8) is 0 Å². The number of carbonyl (C=O) groups is 1. The van der Waals surface area contributed by atoms with Crippen molar-refractivity contribution >= 4 is 5.78 Å². The quantitative estimate of drug-likeness (QED) is 0.781. The molecule has 0 aliphatic heterocycles. The Hall–Kier alpha value is -1.15. The Balaban J connectivity index is 1.72. The van der Waals surface area contributed by atoms with Gasteiger partial charge in [0.2, 0.25) is 0 Å². The molecule has 0 unspecified atom stereocenters. The predicted molar refractivity (Wildman–Crippen MR) is 79.2 cm³/mol. The number of benzene rings is 1. The summed E-state index contributed by atoms with van der Waals surface area (Å²) in [7, 11) is 2.08. The van der Waals surface area contributed by atoms with Gasteiger partial charge in [0.25, 0.3) is 0 Å². The zero-order valence-electron chi connectivity index (χ0n) is 12.0. The van der Waals surface area contributed by atoms with Gasteiger partial charge in [-0.1, -0.05) is 49.6 Å². The Kier molecular flexibility index (Phi) is 5.59. The third kappa shape index (κ3) is 5.15. The third-order valence-electron chi connectivity index (χ3n) is 3.99. The lowest BCUT2D eigenvalue weighted by Gasteiger charge is -2.26. The SMILES string of the molecule is CN(CC(=O)Cc1ccccc1)CC1CCCCC1. The van der Waals surface area contributed by atoms with E-state index in [0.29, 0.717) is 18.7 Å². The second-order valence-electron chi connectivity index (χ2n) is 5.90. The third-order valence-corrected chi connectivity index (χ3v) is 3.99. The first-order chi connectivity index (χ1) is 9.24. The summed E-state index contributed by atoms with van der Waals surface area (Å²) in [6.07, 6.45) is 7.39. The fourth-order valence-electron chi connectivity index (χ4n) is 3.06. The number of Topliss-reactive ketones (excluding diaryl/α,β-unsaturated/α-hetero) is 1. The lowest BCUT2D eigenvalue weighted by Crippen LogP contribution is -2.32. The Morgan fingerprint density at radius 2 is 1.84 bits per heavy atom. The van der Waals surface area contributed by atoms with Gasteiger partial charge < -0.3 is 0 Å². The van der Waals surface area contributed by atoms with Crippen molar-refractivity contribution in [2.24, 2.45) is 5.92 Å². The first kappa shape index (κ1) is 14.3. The van der Waals surface area contributed by atoms with E-state index in [1.165, 1.54) is 32.1 Å². The van der Waals surface area contributed by atoms with Crippen molar-refractivity contribution < 1.29 is 4.79 Å². The summed E-state index contributed by atoms with van der Waals surface area (Å²) >= 11 is 0. The van der Waals surface area contributed by atoms with Crippen LogP contribution in [0.15, 0.2) is 30.3 Å². The van der Waals surface area contributed by atoms with Crippen LogP contribution in [0.25, 0.3) is 0 Å². The minimum absolute atomic E-state index is 0.324.